The number of likely N-dealkylation sites (N-methyl/N-ethyl adjacent to an activating group) is 2. The van der Waals surface area contributed by atoms with Crippen LogP contribution in [0.5, 0.6) is 5.75 Å². The van der Waals surface area contributed by atoms with E-state index in [1.807, 2.05) is 30.1 Å². The molecule has 9 nitrogen and oxygen atoms in total. The van der Waals surface area contributed by atoms with Crippen molar-refractivity contribution in [2.75, 3.05) is 40.3 Å². The third-order valence-corrected chi connectivity index (χ3v) is 5.92. The highest BCUT2D eigenvalue weighted by atomic mass is 16.5. The van der Waals surface area contributed by atoms with Gasteiger partial charge in [0.15, 0.2) is 0 Å². The van der Waals surface area contributed by atoms with Crippen molar-refractivity contribution < 1.29 is 29.3 Å². The van der Waals surface area contributed by atoms with E-state index in [0.717, 1.165) is 43.9 Å². The van der Waals surface area contributed by atoms with Crippen molar-refractivity contribution in [2.45, 2.75) is 25.6 Å². The summed E-state index contributed by atoms with van der Waals surface area (Å²) in [4.78, 5) is 36.1. The lowest BCUT2D eigenvalue weighted by molar-refractivity contribution is -0.132. The maximum Gasteiger partial charge on any atom is 0.290 e. The Morgan fingerprint density at radius 2 is 1.62 bits per heavy atom. The molecule has 1 amide bonds. The van der Waals surface area contributed by atoms with Crippen LogP contribution in [-0.2, 0) is 33.9 Å². The number of amides is 1. The van der Waals surface area contributed by atoms with Gasteiger partial charge in [0, 0.05) is 44.8 Å². The van der Waals surface area contributed by atoms with Gasteiger partial charge < -0.3 is 19.8 Å². The summed E-state index contributed by atoms with van der Waals surface area (Å²) in [5, 5.41) is 13.8. The van der Waals surface area contributed by atoms with E-state index in [-0.39, 0.29) is 18.9 Å². The first kappa shape index (κ1) is 26.8. The monoisotopic (exact) mass is 471 g/mol. The van der Waals surface area contributed by atoms with Crippen LogP contribution < -0.4 is 4.74 Å². The molecule has 2 aliphatic rings. The molecular weight excluding hydrogens is 438 g/mol. The van der Waals surface area contributed by atoms with E-state index >= 15 is 0 Å². The molecule has 0 saturated heterocycles. The first-order chi connectivity index (χ1) is 16.4. The molecule has 2 heterocycles. The minimum atomic E-state index is -0.250. The minimum absolute atomic E-state index is 0.173. The first-order valence-electron chi connectivity index (χ1n) is 11.0. The van der Waals surface area contributed by atoms with Crippen LogP contribution >= 0.6 is 0 Å². The molecule has 4 rings (SSSR count). The van der Waals surface area contributed by atoms with Gasteiger partial charge in [-0.25, -0.2) is 0 Å². The van der Waals surface area contributed by atoms with Gasteiger partial charge in [-0.1, -0.05) is 42.5 Å². The number of hydrogen-bond acceptors (Lipinski definition) is 6. The summed E-state index contributed by atoms with van der Waals surface area (Å²) in [7, 11) is 4.08. The number of nitrogens with zero attached hydrogens (tertiary/aromatic N) is 3. The molecule has 0 spiro atoms. The number of hydrogen-bond donors (Lipinski definition) is 2. The second kappa shape index (κ2) is 14.0. The number of rotatable bonds is 4. The molecule has 0 aromatic heterocycles. The molecule has 1 unspecified atom stereocenters. The van der Waals surface area contributed by atoms with Crippen LogP contribution in [0.1, 0.15) is 16.7 Å². The summed E-state index contributed by atoms with van der Waals surface area (Å²) in [5.41, 5.74) is 3.96. The first-order valence-corrected chi connectivity index (χ1v) is 11.0. The Hall–Kier alpha value is -3.43. The molecule has 0 aliphatic carbocycles. The van der Waals surface area contributed by atoms with Gasteiger partial charge >= 0.3 is 0 Å². The van der Waals surface area contributed by atoms with E-state index in [9.17, 15) is 4.79 Å². The number of carbonyl (C=O) groups is 3. The highest BCUT2D eigenvalue weighted by molar-refractivity contribution is 5.78. The summed E-state index contributed by atoms with van der Waals surface area (Å²) in [6.07, 6.45) is 0.995. The number of carbonyl (C=O) groups excluding carboxylic acids is 1. The van der Waals surface area contributed by atoms with Crippen LogP contribution in [0.25, 0.3) is 0 Å². The molecule has 0 saturated carbocycles. The highest BCUT2D eigenvalue weighted by Crippen LogP contribution is 2.23. The van der Waals surface area contributed by atoms with Crippen molar-refractivity contribution in [2.24, 2.45) is 0 Å². The van der Waals surface area contributed by atoms with Crippen LogP contribution in [0.3, 0.4) is 0 Å². The zero-order chi connectivity index (χ0) is 24.9. The van der Waals surface area contributed by atoms with Crippen LogP contribution in [-0.4, -0.2) is 90.1 Å². The number of para-hydroxylation sites is 1. The fourth-order valence-electron chi connectivity index (χ4n) is 4.17. The summed E-state index contributed by atoms with van der Waals surface area (Å²) in [6.45, 7) is 3.78. The van der Waals surface area contributed by atoms with Gasteiger partial charge in [-0.2, -0.15) is 0 Å². The fraction of sp³-hybridized carbons (Fsp3) is 0.400. The van der Waals surface area contributed by atoms with E-state index in [1.165, 1.54) is 11.1 Å². The molecule has 184 valence electrons. The molecule has 0 radical (unpaired) electrons. The normalized spacial score (nSPS) is 17.1. The van der Waals surface area contributed by atoms with Crippen molar-refractivity contribution in [3.63, 3.8) is 0 Å². The van der Waals surface area contributed by atoms with E-state index in [2.05, 4.69) is 47.2 Å². The van der Waals surface area contributed by atoms with Crippen LogP contribution in [0.4, 0.5) is 0 Å². The maximum atomic E-state index is 12.9. The summed E-state index contributed by atoms with van der Waals surface area (Å²) in [5.74, 6) is 1.11. The van der Waals surface area contributed by atoms with Crippen molar-refractivity contribution in [3.05, 3.63) is 65.2 Å². The zero-order valence-corrected chi connectivity index (χ0v) is 19.7. The Kier molecular flexibility index (Phi) is 11.0. The largest absolute Gasteiger partial charge is 0.492 e. The molecule has 9 heteroatoms. The predicted molar refractivity (Wildman–Crippen MR) is 128 cm³/mol. The smallest absolute Gasteiger partial charge is 0.290 e. The van der Waals surface area contributed by atoms with E-state index < -0.39 is 0 Å². The molecule has 2 aliphatic heterocycles. The Morgan fingerprint density at radius 1 is 1.03 bits per heavy atom. The Balaban J connectivity index is 0.000000618. The van der Waals surface area contributed by atoms with Gasteiger partial charge in [0.2, 0.25) is 5.91 Å². The highest BCUT2D eigenvalue weighted by Gasteiger charge is 2.26. The second-order valence-corrected chi connectivity index (χ2v) is 8.19. The van der Waals surface area contributed by atoms with Crippen LogP contribution in [0.15, 0.2) is 48.5 Å². The SMILES string of the molecule is CN(CC1Cc2ccccc2CN1C)C(=O)CN1CCOc2ccccc2C1.O=CO.O=CO. The van der Waals surface area contributed by atoms with Crippen LogP contribution in [0.2, 0.25) is 0 Å². The van der Waals surface area contributed by atoms with Crippen LogP contribution in [0, 0.1) is 0 Å². The van der Waals surface area contributed by atoms with Gasteiger partial charge in [-0.15, -0.1) is 0 Å². The Labute approximate surface area is 200 Å². The minimum Gasteiger partial charge on any atom is -0.492 e. The molecule has 0 bridgehead atoms. The second-order valence-electron chi connectivity index (χ2n) is 8.19. The van der Waals surface area contributed by atoms with Gasteiger partial charge in [-0.05, 0) is 30.7 Å². The molecule has 1 atom stereocenters. The lowest BCUT2D eigenvalue weighted by Gasteiger charge is -2.36. The third kappa shape index (κ3) is 7.86. The summed E-state index contributed by atoms with van der Waals surface area (Å²) >= 11 is 0. The standard InChI is InChI=1S/C23H29N3O2.2CH2O2/c1-24-14-19-8-4-3-7-18(19)13-21(24)16-25(2)23(27)17-26-11-12-28-22-10-6-5-9-20(22)15-26;2*2-1-3/h3-10,21H,11-17H2,1-2H3;2*1H,(H,2,3). The van der Waals surface area contributed by atoms with Gasteiger partial charge in [0.05, 0.1) is 6.54 Å². The average molecular weight is 472 g/mol. The zero-order valence-electron chi connectivity index (χ0n) is 19.7. The molecule has 2 aromatic carbocycles. The molecule has 2 aromatic rings. The van der Waals surface area contributed by atoms with E-state index in [0.29, 0.717) is 19.2 Å². The summed E-state index contributed by atoms with van der Waals surface area (Å²) in [6, 6.07) is 17.1. The van der Waals surface area contributed by atoms with E-state index in [1.54, 1.807) is 0 Å². The van der Waals surface area contributed by atoms with Gasteiger partial charge in [0.1, 0.15) is 12.4 Å². The maximum absolute atomic E-state index is 12.9. The molecule has 0 fully saturated rings. The number of benzene rings is 2. The number of fused-ring (bicyclic) bond motifs is 2. The lowest BCUT2D eigenvalue weighted by atomic mass is 9.94. The number of ether oxygens (including phenoxy) is 1. The predicted octanol–water partition coefficient (Wildman–Crippen LogP) is 1.80. The topological polar surface area (TPSA) is 111 Å². The average Bonchev–Trinajstić information content (AvgIpc) is 3.02. The molecule has 2 N–H and O–H groups in total. The third-order valence-electron chi connectivity index (χ3n) is 5.92. The fourth-order valence-corrected chi connectivity index (χ4v) is 4.17. The van der Waals surface area contributed by atoms with Crippen molar-refractivity contribution in [1.82, 2.24) is 14.7 Å². The molecular formula is C25H33N3O6. The van der Waals surface area contributed by atoms with Gasteiger partial charge in [-0.3, -0.25) is 24.2 Å². The summed E-state index contributed by atoms with van der Waals surface area (Å²) < 4.78 is 5.82. The quantitative estimate of drug-likeness (QED) is 0.650. The van der Waals surface area contributed by atoms with Crippen molar-refractivity contribution >= 4 is 18.9 Å². The van der Waals surface area contributed by atoms with Gasteiger partial charge in [0.25, 0.3) is 12.9 Å². The Bertz CT molecular complexity index is 932. The molecule has 34 heavy (non-hydrogen) atoms. The van der Waals surface area contributed by atoms with Crippen molar-refractivity contribution in [3.8, 4) is 5.75 Å². The number of carboxylic acid groups (broad SMARTS) is 2. The lowest BCUT2D eigenvalue weighted by Crippen LogP contribution is -2.48. The van der Waals surface area contributed by atoms with E-state index in [4.69, 9.17) is 24.5 Å². The van der Waals surface area contributed by atoms with Crippen molar-refractivity contribution in [1.29, 1.82) is 0 Å². The Morgan fingerprint density at radius 3 is 2.29 bits per heavy atom.